The summed E-state index contributed by atoms with van der Waals surface area (Å²) >= 11 is 6.14. The monoisotopic (exact) mass is 477 g/mol. The highest BCUT2D eigenvalue weighted by Gasteiger charge is 2.49. The molecular formula is C25H20ClN3O5. The van der Waals surface area contributed by atoms with Crippen LogP contribution in [-0.2, 0) is 9.59 Å². The molecule has 2 aromatic heterocycles. The number of fused-ring (bicyclic) bond motifs is 1. The van der Waals surface area contributed by atoms with Gasteiger partial charge in [-0.25, -0.2) is 4.98 Å². The zero-order valence-corrected chi connectivity index (χ0v) is 19.3. The van der Waals surface area contributed by atoms with Gasteiger partial charge in [-0.1, -0.05) is 11.6 Å². The second-order valence-corrected chi connectivity index (χ2v) is 8.48. The molecule has 1 aliphatic heterocycles. The molecule has 8 nitrogen and oxygen atoms in total. The summed E-state index contributed by atoms with van der Waals surface area (Å²) < 4.78 is 10.9. The van der Waals surface area contributed by atoms with Crippen LogP contribution in [0.3, 0.4) is 0 Å². The van der Waals surface area contributed by atoms with Crippen molar-refractivity contribution < 1.29 is 23.8 Å². The molecule has 1 saturated heterocycles. The van der Waals surface area contributed by atoms with Crippen LogP contribution in [0.2, 0.25) is 5.02 Å². The topological polar surface area (TPSA) is 109 Å². The van der Waals surface area contributed by atoms with E-state index in [1.165, 1.54) is 24.3 Å². The lowest BCUT2D eigenvalue weighted by Gasteiger charge is -2.21. The predicted octanol–water partition coefficient (Wildman–Crippen LogP) is 5.06. The maximum Gasteiger partial charge on any atom is 0.302 e. The number of hydrogen-bond acceptors (Lipinski definition) is 6. The number of H-pyrrole nitrogens is 1. The van der Waals surface area contributed by atoms with Gasteiger partial charge in [0.25, 0.3) is 5.78 Å². The molecule has 0 spiro atoms. The largest absolute Gasteiger partial charge is 0.507 e. The number of aliphatic hydroxyl groups is 1. The Morgan fingerprint density at radius 3 is 2.65 bits per heavy atom. The molecule has 0 saturated carbocycles. The number of carbonyl (C=O) groups excluding carboxylic acids is 2. The molecule has 2 aromatic carbocycles. The number of imidazole rings is 1. The van der Waals surface area contributed by atoms with Crippen molar-refractivity contribution in [2.75, 3.05) is 12.0 Å². The number of amides is 1. The number of ketones is 1. The number of aromatic nitrogens is 2. The van der Waals surface area contributed by atoms with Crippen LogP contribution in [0.25, 0.3) is 16.8 Å². The number of carbonyl (C=O) groups is 2. The predicted molar refractivity (Wildman–Crippen MR) is 127 cm³/mol. The van der Waals surface area contributed by atoms with Gasteiger partial charge in [0.05, 0.1) is 35.5 Å². The van der Waals surface area contributed by atoms with Crippen molar-refractivity contribution in [3.8, 4) is 5.75 Å². The van der Waals surface area contributed by atoms with Crippen molar-refractivity contribution in [1.29, 1.82) is 0 Å². The number of ether oxygens (including phenoxy) is 1. The summed E-state index contributed by atoms with van der Waals surface area (Å²) in [6, 6.07) is 10.7. The quantitative estimate of drug-likeness (QED) is 0.241. The summed E-state index contributed by atoms with van der Waals surface area (Å²) in [5.41, 5.74) is 3.49. The standard InChI is InChI=1S/C25H20ClN3O5/c1-12-9-16-17(10-13(12)2)28-25(27-16)29-21(19-5-4-8-34-19)20(23(31)24(29)32)22(30)15-11-14(26)6-7-18(15)33-3/h4-11,21,30H,1-3H3,(H,27,28)/b22-20+. The Kier molecular flexibility index (Phi) is 5.17. The first-order chi connectivity index (χ1) is 16.3. The molecule has 1 aliphatic rings. The Bertz CT molecular complexity index is 1450. The number of aryl methyl sites for hydroxylation is 2. The number of methoxy groups -OCH3 is 1. The van der Waals surface area contributed by atoms with E-state index in [2.05, 4.69) is 9.97 Å². The molecule has 1 amide bonds. The molecule has 4 aromatic rings. The van der Waals surface area contributed by atoms with Crippen LogP contribution < -0.4 is 9.64 Å². The number of Topliss-reactive ketones (excluding diaryl/α,β-unsaturated/α-hetero) is 1. The normalized spacial score (nSPS) is 17.6. The van der Waals surface area contributed by atoms with Gasteiger partial charge >= 0.3 is 5.91 Å². The van der Waals surface area contributed by atoms with Gasteiger partial charge in [0.2, 0.25) is 5.95 Å². The van der Waals surface area contributed by atoms with E-state index in [4.69, 9.17) is 20.8 Å². The van der Waals surface area contributed by atoms with Crippen LogP contribution in [0.1, 0.15) is 28.5 Å². The Balaban J connectivity index is 1.74. The lowest BCUT2D eigenvalue weighted by Crippen LogP contribution is -2.30. The molecule has 2 N–H and O–H groups in total. The number of rotatable bonds is 4. The van der Waals surface area contributed by atoms with E-state index in [9.17, 15) is 14.7 Å². The van der Waals surface area contributed by atoms with Crippen molar-refractivity contribution >= 4 is 46.0 Å². The highest BCUT2D eigenvalue weighted by atomic mass is 35.5. The number of hydrogen-bond donors (Lipinski definition) is 2. The maximum atomic E-state index is 13.3. The fourth-order valence-corrected chi connectivity index (χ4v) is 4.32. The SMILES string of the molecule is COc1ccc(Cl)cc1/C(O)=C1\C(=O)C(=O)N(c2nc3cc(C)c(C)cc3[nH]2)C1c1ccco1. The van der Waals surface area contributed by atoms with Gasteiger partial charge in [0.1, 0.15) is 23.3 Å². The second kappa shape index (κ2) is 8.07. The number of aliphatic hydroxyl groups excluding tert-OH is 1. The maximum absolute atomic E-state index is 13.3. The molecule has 34 heavy (non-hydrogen) atoms. The van der Waals surface area contributed by atoms with Crippen molar-refractivity contribution in [2.45, 2.75) is 19.9 Å². The summed E-state index contributed by atoms with van der Waals surface area (Å²) in [4.78, 5) is 35.4. The van der Waals surface area contributed by atoms with E-state index >= 15 is 0 Å². The number of anilines is 1. The van der Waals surface area contributed by atoms with E-state index in [-0.39, 0.29) is 22.8 Å². The van der Waals surface area contributed by atoms with E-state index < -0.39 is 23.5 Å². The molecule has 0 radical (unpaired) electrons. The lowest BCUT2D eigenvalue weighted by molar-refractivity contribution is -0.132. The Morgan fingerprint density at radius 1 is 1.18 bits per heavy atom. The van der Waals surface area contributed by atoms with E-state index in [1.807, 2.05) is 26.0 Å². The smallest absolute Gasteiger partial charge is 0.302 e. The third-order valence-electron chi connectivity index (χ3n) is 5.99. The molecule has 172 valence electrons. The first kappa shape index (κ1) is 21.8. The minimum atomic E-state index is -1.05. The van der Waals surface area contributed by atoms with Crippen LogP contribution in [0, 0.1) is 13.8 Å². The number of aromatic amines is 1. The first-order valence-electron chi connectivity index (χ1n) is 10.5. The van der Waals surface area contributed by atoms with Crippen molar-refractivity contribution in [3.63, 3.8) is 0 Å². The number of nitrogens with one attached hydrogen (secondary N) is 1. The highest BCUT2D eigenvalue weighted by molar-refractivity contribution is 6.51. The Morgan fingerprint density at radius 2 is 1.94 bits per heavy atom. The summed E-state index contributed by atoms with van der Waals surface area (Å²) in [6.45, 7) is 3.94. The van der Waals surface area contributed by atoms with Gasteiger partial charge in [-0.15, -0.1) is 0 Å². The molecule has 0 bridgehead atoms. The zero-order chi connectivity index (χ0) is 24.1. The summed E-state index contributed by atoms with van der Waals surface area (Å²) in [5.74, 6) is -1.41. The highest BCUT2D eigenvalue weighted by Crippen LogP contribution is 2.43. The van der Waals surface area contributed by atoms with Crippen molar-refractivity contribution in [3.05, 3.63) is 81.8 Å². The van der Waals surface area contributed by atoms with Gasteiger partial charge in [0, 0.05) is 5.02 Å². The van der Waals surface area contributed by atoms with Gasteiger partial charge in [-0.3, -0.25) is 14.5 Å². The molecular weight excluding hydrogens is 458 g/mol. The Hall–Kier alpha value is -4.04. The first-order valence-corrected chi connectivity index (χ1v) is 10.8. The summed E-state index contributed by atoms with van der Waals surface area (Å²) in [6.07, 6.45) is 1.43. The van der Waals surface area contributed by atoms with Gasteiger partial charge in [-0.2, -0.15) is 0 Å². The molecule has 1 atom stereocenters. The van der Waals surface area contributed by atoms with Crippen LogP contribution in [0.4, 0.5) is 5.95 Å². The number of benzene rings is 2. The van der Waals surface area contributed by atoms with Crippen LogP contribution in [0.5, 0.6) is 5.75 Å². The molecule has 3 heterocycles. The summed E-state index contributed by atoms with van der Waals surface area (Å²) in [5, 5.41) is 11.6. The molecule has 9 heteroatoms. The lowest BCUT2D eigenvalue weighted by atomic mass is 9.99. The molecule has 0 aliphatic carbocycles. The number of nitrogens with zero attached hydrogens (tertiary/aromatic N) is 2. The number of halogens is 1. The van der Waals surface area contributed by atoms with E-state index in [0.29, 0.717) is 16.3 Å². The second-order valence-electron chi connectivity index (χ2n) is 8.04. The van der Waals surface area contributed by atoms with Crippen LogP contribution in [0.15, 0.2) is 58.7 Å². The molecule has 1 unspecified atom stereocenters. The van der Waals surface area contributed by atoms with Crippen LogP contribution >= 0.6 is 11.6 Å². The third kappa shape index (κ3) is 3.34. The zero-order valence-electron chi connectivity index (χ0n) is 18.5. The van der Waals surface area contributed by atoms with Gasteiger partial charge < -0.3 is 19.2 Å². The Labute approximate surface area is 199 Å². The van der Waals surface area contributed by atoms with Gasteiger partial charge in [-0.05, 0) is 67.4 Å². The van der Waals surface area contributed by atoms with Crippen molar-refractivity contribution in [2.24, 2.45) is 0 Å². The van der Waals surface area contributed by atoms with E-state index in [1.54, 1.807) is 24.3 Å². The number of furan rings is 1. The minimum absolute atomic E-state index is 0.159. The average Bonchev–Trinajstić information content (AvgIpc) is 3.53. The molecule has 5 rings (SSSR count). The fraction of sp³-hybridized carbons (Fsp3) is 0.160. The fourth-order valence-electron chi connectivity index (χ4n) is 4.15. The average molecular weight is 478 g/mol. The third-order valence-corrected chi connectivity index (χ3v) is 6.22. The van der Waals surface area contributed by atoms with Gasteiger partial charge in [0.15, 0.2) is 0 Å². The van der Waals surface area contributed by atoms with Crippen molar-refractivity contribution in [1.82, 2.24) is 9.97 Å². The summed E-state index contributed by atoms with van der Waals surface area (Å²) in [7, 11) is 1.43. The van der Waals surface area contributed by atoms with Crippen LogP contribution in [-0.4, -0.2) is 33.9 Å². The van der Waals surface area contributed by atoms with E-state index in [0.717, 1.165) is 16.6 Å². The minimum Gasteiger partial charge on any atom is -0.507 e. The molecule has 1 fully saturated rings.